The highest BCUT2D eigenvalue weighted by atomic mass is 79.9. The fourth-order valence-electron chi connectivity index (χ4n) is 1.33. The Morgan fingerprint density at radius 2 is 2.12 bits per heavy atom. The number of nitrogens with one attached hydrogen (secondary N) is 1. The van der Waals surface area contributed by atoms with E-state index in [1.54, 1.807) is 0 Å². The van der Waals surface area contributed by atoms with E-state index in [2.05, 4.69) is 47.9 Å². The van der Waals surface area contributed by atoms with Gasteiger partial charge in [-0.05, 0) is 42.8 Å². The van der Waals surface area contributed by atoms with Crippen LogP contribution in [0.1, 0.15) is 26.3 Å². The second-order valence-electron chi connectivity index (χ2n) is 4.82. The van der Waals surface area contributed by atoms with Gasteiger partial charge in [-0.1, -0.05) is 18.1 Å². The van der Waals surface area contributed by atoms with Crippen LogP contribution >= 0.6 is 15.9 Å². The first kappa shape index (κ1) is 14.1. The third kappa shape index (κ3) is 4.80. The number of terminal acetylenes is 1. The second-order valence-corrected chi connectivity index (χ2v) is 5.68. The fourth-order valence-corrected chi connectivity index (χ4v) is 1.85. The van der Waals surface area contributed by atoms with Crippen molar-refractivity contribution in [2.24, 2.45) is 0 Å². The number of halogens is 1. The van der Waals surface area contributed by atoms with E-state index in [0.717, 1.165) is 22.3 Å². The van der Waals surface area contributed by atoms with Gasteiger partial charge in [0.15, 0.2) is 0 Å². The summed E-state index contributed by atoms with van der Waals surface area (Å²) in [7, 11) is 0. The third-order valence-electron chi connectivity index (χ3n) is 2.16. The molecule has 0 unspecified atom stereocenters. The van der Waals surface area contributed by atoms with E-state index in [9.17, 15) is 0 Å². The molecule has 1 rings (SSSR count). The average Bonchev–Trinajstić information content (AvgIpc) is 2.24. The van der Waals surface area contributed by atoms with Crippen LogP contribution in [-0.4, -0.2) is 12.1 Å². The summed E-state index contributed by atoms with van der Waals surface area (Å²) in [6.45, 7) is 7.43. The lowest BCUT2D eigenvalue weighted by atomic mass is 10.1. The van der Waals surface area contributed by atoms with Crippen molar-refractivity contribution in [3.05, 3.63) is 28.2 Å². The van der Waals surface area contributed by atoms with Gasteiger partial charge >= 0.3 is 0 Å². The van der Waals surface area contributed by atoms with Gasteiger partial charge in [-0.3, -0.25) is 0 Å². The molecule has 0 radical (unpaired) electrons. The molecule has 0 aromatic heterocycles. The molecule has 0 aliphatic heterocycles. The van der Waals surface area contributed by atoms with Crippen molar-refractivity contribution >= 4 is 15.9 Å². The minimum Gasteiger partial charge on any atom is -0.479 e. The van der Waals surface area contributed by atoms with E-state index in [1.807, 2.05) is 18.2 Å². The molecule has 0 atom stereocenters. The normalized spacial score (nSPS) is 11.0. The number of rotatable bonds is 4. The van der Waals surface area contributed by atoms with Gasteiger partial charge in [0, 0.05) is 17.6 Å². The molecular weight excluding hydrogens is 278 g/mol. The second kappa shape index (κ2) is 6.09. The Morgan fingerprint density at radius 1 is 1.41 bits per heavy atom. The van der Waals surface area contributed by atoms with Crippen molar-refractivity contribution in [1.82, 2.24) is 5.32 Å². The highest BCUT2D eigenvalue weighted by Gasteiger charge is 2.12. The van der Waals surface area contributed by atoms with Gasteiger partial charge in [0.05, 0.1) is 4.47 Å². The Kier molecular flexibility index (Phi) is 5.04. The van der Waals surface area contributed by atoms with E-state index < -0.39 is 0 Å². The van der Waals surface area contributed by atoms with Crippen LogP contribution in [0, 0.1) is 12.3 Å². The lowest BCUT2D eigenvalue weighted by Gasteiger charge is -2.21. The smallest absolute Gasteiger partial charge is 0.148 e. The van der Waals surface area contributed by atoms with Crippen LogP contribution in [0.15, 0.2) is 22.7 Å². The molecule has 1 N–H and O–H groups in total. The summed E-state index contributed by atoms with van der Waals surface area (Å²) in [4.78, 5) is 0. The van der Waals surface area contributed by atoms with Crippen molar-refractivity contribution in [3.8, 4) is 18.1 Å². The maximum absolute atomic E-state index is 5.56. The first-order chi connectivity index (χ1) is 7.94. The van der Waals surface area contributed by atoms with Gasteiger partial charge in [0.1, 0.15) is 12.4 Å². The topological polar surface area (TPSA) is 21.3 Å². The molecule has 3 heteroatoms. The van der Waals surface area contributed by atoms with E-state index in [-0.39, 0.29) is 12.1 Å². The van der Waals surface area contributed by atoms with Crippen LogP contribution in [0.5, 0.6) is 5.75 Å². The van der Waals surface area contributed by atoms with Crippen LogP contribution in [0.2, 0.25) is 0 Å². The molecule has 0 fully saturated rings. The van der Waals surface area contributed by atoms with Gasteiger partial charge in [0.2, 0.25) is 0 Å². The molecule has 0 aliphatic carbocycles. The van der Waals surface area contributed by atoms with Crippen molar-refractivity contribution in [1.29, 1.82) is 0 Å². The van der Waals surface area contributed by atoms with Crippen LogP contribution in [0.4, 0.5) is 0 Å². The maximum Gasteiger partial charge on any atom is 0.148 e. The quantitative estimate of drug-likeness (QED) is 0.860. The molecule has 0 heterocycles. The number of hydrogen-bond donors (Lipinski definition) is 1. The Hall–Kier alpha value is -0.980. The molecular formula is C14H18BrNO. The van der Waals surface area contributed by atoms with Crippen molar-refractivity contribution in [2.75, 3.05) is 6.61 Å². The Balaban J connectivity index is 2.83. The summed E-state index contributed by atoms with van der Waals surface area (Å²) in [5.74, 6) is 3.30. The Bertz CT molecular complexity index is 415. The summed E-state index contributed by atoms with van der Waals surface area (Å²) >= 11 is 3.48. The third-order valence-corrected chi connectivity index (χ3v) is 2.78. The van der Waals surface area contributed by atoms with Crippen LogP contribution in [0.3, 0.4) is 0 Å². The van der Waals surface area contributed by atoms with E-state index in [1.165, 1.54) is 0 Å². The van der Waals surface area contributed by atoms with Gasteiger partial charge in [-0.2, -0.15) is 0 Å². The molecule has 2 nitrogen and oxygen atoms in total. The monoisotopic (exact) mass is 295 g/mol. The SMILES string of the molecule is C#CCOc1c(Br)cccc1CNC(C)(C)C. The summed E-state index contributed by atoms with van der Waals surface area (Å²) in [6.07, 6.45) is 5.21. The largest absolute Gasteiger partial charge is 0.479 e. The maximum atomic E-state index is 5.56. The van der Waals surface area contributed by atoms with Crippen LogP contribution < -0.4 is 10.1 Å². The lowest BCUT2D eigenvalue weighted by molar-refractivity contribution is 0.356. The molecule has 0 spiro atoms. The molecule has 92 valence electrons. The first-order valence-electron chi connectivity index (χ1n) is 5.53. The van der Waals surface area contributed by atoms with E-state index in [0.29, 0.717) is 0 Å². The summed E-state index contributed by atoms with van der Waals surface area (Å²) in [6, 6.07) is 5.98. The molecule has 1 aromatic rings. The fraction of sp³-hybridized carbons (Fsp3) is 0.429. The molecule has 1 aromatic carbocycles. The number of ether oxygens (including phenoxy) is 1. The highest BCUT2D eigenvalue weighted by molar-refractivity contribution is 9.10. The zero-order valence-electron chi connectivity index (χ0n) is 10.5. The van der Waals surface area contributed by atoms with Crippen molar-refractivity contribution < 1.29 is 4.74 Å². The molecule has 0 saturated carbocycles. The molecule has 0 amide bonds. The lowest BCUT2D eigenvalue weighted by Crippen LogP contribution is -2.35. The predicted octanol–water partition coefficient (Wildman–Crippen LogP) is 3.35. The highest BCUT2D eigenvalue weighted by Crippen LogP contribution is 2.29. The van der Waals surface area contributed by atoms with E-state index in [4.69, 9.17) is 11.2 Å². The van der Waals surface area contributed by atoms with Gasteiger partial charge in [-0.15, -0.1) is 6.42 Å². The summed E-state index contributed by atoms with van der Waals surface area (Å²) in [5, 5.41) is 3.43. The Morgan fingerprint density at radius 3 is 2.71 bits per heavy atom. The zero-order chi connectivity index (χ0) is 12.9. The van der Waals surface area contributed by atoms with Crippen molar-refractivity contribution in [2.45, 2.75) is 32.9 Å². The van der Waals surface area contributed by atoms with Crippen LogP contribution in [0.25, 0.3) is 0 Å². The first-order valence-corrected chi connectivity index (χ1v) is 6.32. The molecule has 0 bridgehead atoms. The summed E-state index contributed by atoms with van der Waals surface area (Å²) < 4.78 is 6.49. The van der Waals surface area contributed by atoms with Crippen molar-refractivity contribution in [3.63, 3.8) is 0 Å². The standard InChI is InChI=1S/C14H18BrNO/c1-5-9-17-13-11(7-6-8-12(13)15)10-16-14(2,3)4/h1,6-8,16H,9-10H2,2-4H3. The number of hydrogen-bond acceptors (Lipinski definition) is 2. The van der Waals surface area contributed by atoms with Gasteiger partial charge in [-0.25, -0.2) is 0 Å². The average molecular weight is 296 g/mol. The summed E-state index contributed by atoms with van der Waals surface area (Å²) in [5.41, 5.74) is 1.18. The molecule has 0 aliphatic rings. The minimum atomic E-state index is 0.0751. The van der Waals surface area contributed by atoms with Gasteiger partial charge < -0.3 is 10.1 Å². The molecule has 17 heavy (non-hydrogen) atoms. The Labute approximate surface area is 112 Å². The predicted molar refractivity (Wildman–Crippen MR) is 75.1 cm³/mol. The number of benzene rings is 1. The van der Waals surface area contributed by atoms with Gasteiger partial charge in [0.25, 0.3) is 0 Å². The van der Waals surface area contributed by atoms with E-state index >= 15 is 0 Å². The number of para-hydroxylation sites is 1. The zero-order valence-corrected chi connectivity index (χ0v) is 12.1. The minimum absolute atomic E-state index is 0.0751. The molecule has 0 saturated heterocycles. The van der Waals surface area contributed by atoms with Crippen LogP contribution in [-0.2, 0) is 6.54 Å².